The Kier molecular flexibility index (Phi) is 5.73. The fourth-order valence-corrected chi connectivity index (χ4v) is 1.52. The number of nitrogens with one attached hydrogen (secondary N) is 2. The van der Waals surface area contributed by atoms with Crippen LogP contribution in [0.1, 0.15) is 20.8 Å². The highest BCUT2D eigenvalue weighted by molar-refractivity contribution is 6.34. The van der Waals surface area contributed by atoms with Crippen LogP contribution in [-0.4, -0.2) is 17.4 Å². The minimum Gasteiger partial charge on any atom is -0.444 e. The number of anilines is 2. The van der Waals surface area contributed by atoms with Gasteiger partial charge in [-0.05, 0) is 39.0 Å². The van der Waals surface area contributed by atoms with E-state index in [4.69, 9.17) is 26.9 Å². The summed E-state index contributed by atoms with van der Waals surface area (Å²) >= 11 is 6.04. The smallest absolute Gasteiger partial charge is 0.412 e. The lowest BCUT2D eigenvalue weighted by atomic mass is 10.2. The summed E-state index contributed by atoms with van der Waals surface area (Å²) in [5.74, 6) is 0. The number of ether oxygens (including phenoxy) is 1. The Morgan fingerprint density at radius 1 is 1.32 bits per heavy atom. The Labute approximate surface area is 133 Å². The molecule has 0 aliphatic carbocycles. The van der Waals surface area contributed by atoms with Crippen molar-refractivity contribution in [2.75, 3.05) is 10.7 Å². The van der Waals surface area contributed by atoms with E-state index in [9.17, 15) is 4.79 Å². The molecule has 0 saturated heterocycles. The van der Waals surface area contributed by atoms with Gasteiger partial charge in [0.2, 0.25) is 5.71 Å². The molecule has 0 bridgehead atoms. The van der Waals surface area contributed by atoms with E-state index in [1.54, 1.807) is 45.0 Å². The highest BCUT2D eigenvalue weighted by Crippen LogP contribution is 2.26. The standard InChI is InChI=1S/C14H14ClN5O2/c1-14(2,3)22-13(21)18-12-5-4-9(6-11(12)15)19-20-10(7-16)8-17/h4-6,19H,1-3H3,(H,18,21). The van der Waals surface area contributed by atoms with E-state index in [0.29, 0.717) is 11.4 Å². The summed E-state index contributed by atoms with van der Waals surface area (Å²) in [7, 11) is 0. The van der Waals surface area contributed by atoms with Crippen molar-refractivity contribution in [3.05, 3.63) is 23.2 Å². The van der Waals surface area contributed by atoms with E-state index in [1.807, 2.05) is 0 Å². The van der Waals surface area contributed by atoms with Crippen molar-refractivity contribution in [1.82, 2.24) is 0 Å². The van der Waals surface area contributed by atoms with Gasteiger partial charge in [-0.2, -0.15) is 15.6 Å². The molecule has 22 heavy (non-hydrogen) atoms. The zero-order chi connectivity index (χ0) is 16.8. The Bertz CT molecular complexity index is 664. The van der Waals surface area contributed by atoms with E-state index < -0.39 is 11.7 Å². The van der Waals surface area contributed by atoms with E-state index in [0.717, 1.165) is 0 Å². The van der Waals surface area contributed by atoms with Crippen LogP contribution in [-0.2, 0) is 4.74 Å². The summed E-state index contributed by atoms with van der Waals surface area (Å²) in [6, 6.07) is 7.84. The number of benzene rings is 1. The fraction of sp³-hybridized carbons (Fsp3) is 0.286. The van der Waals surface area contributed by atoms with Crippen LogP contribution in [0.4, 0.5) is 16.2 Å². The first kappa shape index (κ1) is 17.3. The molecule has 1 aromatic rings. The molecule has 8 heteroatoms. The molecule has 0 aromatic heterocycles. The lowest BCUT2D eigenvalue weighted by molar-refractivity contribution is 0.0636. The van der Waals surface area contributed by atoms with Gasteiger partial charge < -0.3 is 4.74 Å². The van der Waals surface area contributed by atoms with E-state index in [-0.39, 0.29) is 10.7 Å². The summed E-state index contributed by atoms with van der Waals surface area (Å²) in [6.07, 6.45) is -0.621. The van der Waals surface area contributed by atoms with Gasteiger partial charge in [-0.15, -0.1) is 0 Å². The highest BCUT2D eigenvalue weighted by Gasteiger charge is 2.17. The van der Waals surface area contributed by atoms with Crippen LogP contribution in [0.3, 0.4) is 0 Å². The SMILES string of the molecule is CC(C)(C)OC(=O)Nc1ccc(NN=C(C#N)C#N)cc1Cl. The quantitative estimate of drug-likeness (QED) is 0.654. The fourth-order valence-electron chi connectivity index (χ4n) is 1.30. The average Bonchev–Trinajstić information content (AvgIpc) is 2.40. The number of hydrogen-bond donors (Lipinski definition) is 2. The Hall–Kier alpha value is -2.77. The highest BCUT2D eigenvalue weighted by atomic mass is 35.5. The lowest BCUT2D eigenvalue weighted by Gasteiger charge is -2.20. The van der Waals surface area contributed by atoms with Crippen molar-refractivity contribution >= 4 is 34.8 Å². The molecule has 0 radical (unpaired) electrons. The molecule has 1 amide bonds. The van der Waals surface area contributed by atoms with Crippen molar-refractivity contribution in [3.8, 4) is 12.1 Å². The monoisotopic (exact) mass is 319 g/mol. The average molecular weight is 320 g/mol. The third kappa shape index (κ3) is 5.70. The van der Waals surface area contributed by atoms with Gasteiger partial charge in [-0.1, -0.05) is 11.6 Å². The number of carbonyl (C=O) groups is 1. The minimum atomic E-state index is -0.621. The van der Waals surface area contributed by atoms with Crippen LogP contribution in [0.2, 0.25) is 5.02 Å². The van der Waals surface area contributed by atoms with Gasteiger partial charge in [-0.3, -0.25) is 10.7 Å². The normalized spacial score (nSPS) is 9.91. The summed E-state index contributed by atoms with van der Waals surface area (Å²) in [5, 5.41) is 23.5. The maximum Gasteiger partial charge on any atom is 0.412 e. The second kappa shape index (κ2) is 7.30. The predicted molar refractivity (Wildman–Crippen MR) is 83.6 cm³/mol. The summed E-state index contributed by atoms with van der Waals surface area (Å²) in [4.78, 5) is 11.7. The number of rotatable bonds is 3. The molecule has 0 unspecified atom stereocenters. The number of amides is 1. The van der Waals surface area contributed by atoms with Crippen LogP contribution in [0.15, 0.2) is 23.3 Å². The predicted octanol–water partition coefficient (Wildman–Crippen LogP) is 3.50. The zero-order valence-electron chi connectivity index (χ0n) is 12.3. The Balaban J connectivity index is 2.79. The van der Waals surface area contributed by atoms with Crippen molar-refractivity contribution in [2.45, 2.75) is 26.4 Å². The third-order valence-electron chi connectivity index (χ3n) is 2.11. The van der Waals surface area contributed by atoms with Crippen LogP contribution in [0.5, 0.6) is 0 Å². The molecular formula is C14H14ClN5O2. The van der Waals surface area contributed by atoms with Gasteiger partial charge in [0.25, 0.3) is 0 Å². The molecule has 0 aliphatic heterocycles. The molecule has 0 spiro atoms. The lowest BCUT2D eigenvalue weighted by Crippen LogP contribution is -2.27. The molecule has 0 aliphatic rings. The maximum absolute atomic E-state index is 11.7. The molecule has 2 N–H and O–H groups in total. The Morgan fingerprint density at radius 3 is 2.45 bits per heavy atom. The zero-order valence-corrected chi connectivity index (χ0v) is 13.0. The number of hydrazone groups is 1. The Morgan fingerprint density at radius 2 is 1.95 bits per heavy atom. The van der Waals surface area contributed by atoms with Gasteiger partial charge in [0.15, 0.2) is 0 Å². The van der Waals surface area contributed by atoms with Crippen LogP contribution in [0, 0.1) is 22.7 Å². The van der Waals surface area contributed by atoms with Crippen LogP contribution >= 0.6 is 11.6 Å². The number of hydrogen-bond acceptors (Lipinski definition) is 6. The minimum absolute atomic E-state index is 0.251. The summed E-state index contributed by atoms with van der Waals surface area (Å²) in [5.41, 5.74) is 2.42. The molecule has 0 atom stereocenters. The van der Waals surface area contributed by atoms with Gasteiger partial charge in [0.1, 0.15) is 17.7 Å². The van der Waals surface area contributed by atoms with E-state index in [1.165, 1.54) is 6.07 Å². The van der Waals surface area contributed by atoms with Crippen molar-refractivity contribution in [1.29, 1.82) is 10.5 Å². The number of carbonyl (C=O) groups excluding carboxylic acids is 1. The molecule has 1 rings (SSSR count). The van der Waals surface area contributed by atoms with Crippen molar-refractivity contribution in [2.24, 2.45) is 5.10 Å². The number of nitriles is 2. The second-order valence-electron chi connectivity index (χ2n) is 5.12. The van der Waals surface area contributed by atoms with Crippen molar-refractivity contribution < 1.29 is 9.53 Å². The summed E-state index contributed by atoms with van der Waals surface area (Å²) < 4.78 is 5.12. The second-order valence-corrected chi connectivity index (χ2v) is 5.52. The van der Waals surface area contributed by atoms with E-state index in [2.05, 4.69) is 15.8 Å². The van der Waals surface area contributed by atoms with Crippen LogP contribution < -0.4 is 10.7 Å². The molecule has 0 heterocycles. The molecule has 0 saturated carbocycles. The molecular weight excluding hydrogens is 306 g/mol. The van der Waals surface area contributed by atoms with Gasteiger partial charge in [0.05, 0.1) is 16.4 Å². The first-order chi connectivity index (χ1) is 10.2. The van der Waals surface area contributed by atoms with E-state index >= 15 is 0 Å². The molecule has 7 nitrogen and oxygen atoms in total. The maximum atomic E-state index is 11.7. The summed E-state index contributed by atoms with van der Waals surface area (Å²) in [6.45, 7) is 5.25. The molecule has 114 valence electrons. The number of nitrogens with zero attached hydrogens (tertiary/aromatic N) is 3. The third-order valence-corrected chi connectivity index (χ3v) is 2.43. The van der Waals surface area contributed by atoms with Gasteiger partial charge in [-0.25, -0.2) is 4.79 Å². The van der Waals surface area contributed by atoms with Gasteiger partial charge >= 0.3 is 6.09 Å². The number of halogens is 1. The topological polar surface area (TPSA) is 110 Å². The van der Waals surface area contributed by atoms with Crippen molar-refractivity contribution in [3.63, 3.8) is 0 Å². The first-order valence-corrected chi connectivity index (χ1v) is 6.56. The first-order valence-electron chi connectivity index (χ1n) is 6.18. The van der Waals surface area contributed by atoms with Gasteiger partial charge in [0, 0.05) is 0 Å². The molecule has 0 fully saturated rings. The van der Waals surface area contributed by atoms with Crippen LogP contribution in [0.25, 0.3) is 0 Å². The largest absolute Gasteiger partial charge is 0.444 e. The molecule has 1 aromatic carbocycles.